The number of methoxy groups -OCH3 is 2. The lowest BCUT2D eigenvalue weighted by Gasteiger charge is -2.38. The monoisotopic (exact) mass is 444 g/mol. The molecule has 170 valence electrons. The summed E-state index contributed by atoms with van der Waals surface area (Å²) in [6.07, 6.45) is 0. The number of rotatable bonds is 5. The van der Waals surface area contributed by atoms with Gasteiger partial charge in [0.1, 0.15) is 17.2 Å². The third-order valence-electron chi connectivity index (χ3n) is 5.58. The molecule has 0 atom stereocenters. The molecule has 3 aromatic rings. The summed E-state index contributed by atoms with van der Waals surface area (Å²) < 4.78 is 11.0. The first kappa shape index (κ1) is 22.2. The van der Waals surface area contributed by atoms with Gasteiger partial charge in [-0.1, -0.05) is 42.5 Å². The van der Waals surface area contributed by atoms with E-state index in [9.17, 15) is 4.79 Å². The lowest BCUT2D eigenvalue weighted by molar-refractivity contribution is 0.0971. The SMILES string of the molecule is COc1ccccc1N=C(NC(=O)c1ccccc1)N1CCN(c2ccccc2OC)CC1. The molecule has 0 radical (unpaired) electrons. The van der Waals surface area contributed by atoms with Gasteiger partial charge in [0, 0.05) is 31.7 Å². The Morgan fingerprint density at radius 1 is 0.788 bits per heavy atom. The Bertz CT molecular complexity index is 1110. The molecule has 1 N–H and O–H groups in total. The van der Waals surface area contributed by atoms with E-state index in [-0.39, 0.29) is 5.91 Å². The second-order valence-corrected chi connectivity index (χ2v) is 7.57. The molecule has 1 saturated heterocycles. The number of carbonyl (C=O) groups excluding carboxylic acids is 1. The molecule has 33 heavy (non-hydrogen) atoms. The molecule has 1 heterocycles. The van der Waals surface area contributed by atoms with Gasteiger partial charge in [-0.15, -0.1) is 0 Å². The fourth-order valence-corrected chi connectivity index (χ4v) is 3.83. The number of benzene rings is 3. The minimum Gasteiger partial charge on any atom is -0.495 e. The fraction of sp³-hybridized carbons (Fsp3) is 0.231. The first-order valence-electron chi connectivity index (χ1n) is 10.9. The Balaban J connectivity index is 1.57. The van der Waals surface area contributed by atoms with E-state index in [4.69, 9.17) is 14.5 Å². The number of amides is 1. The maximum Gasteiger partial charge on any atom is 0.257 e. The fourth-order valence-electron chi connectivity index (χ4n) is 3.83. The summed E-state index contributed by atoms with van der Waals surface area (Å²) in [5, 5.41) is 3.02. The van der Waals surface area contributed by atoms with Crippen molar-refractivity contribution in [2.24, 2.45) is 4.99 Å². The molecule has 1 fully saturated rings. The molecule has 0 bridgehead atoms. The molecule has 3 aromatic carbocycles. The van der Waals surface area contributed by atoms with Crippen LogP contribution in [0.2, 0.25) is 0 Å². The summed E-state index contributed by atoms with van der Waals surface area (Å²) in [5.74, 6) is 1.81. The van der Waals surface area contributed by atoms with Crippen LogP contribution in [0.15, 0.2) is 83.9 Å². The molecular weight excluding hydrogens is 416 g/mol. The summed E-state index contributed by atoms with van der Waals surface area (Å²) in [6, 6.07) is 24.7. The Morgan fingerprint density at radius 3 is 2.09 bits per heavy atom. The number of hydrogen-bond donors (Lipinski definition) is 1. The smallest absolute Gasteiger partial charge is 0.257 e. The Hall–Kier alpha value is -4.00. The van der Waals surface area contributed by atoms with E-state index >= 15 is 0 Å². The van der Waals surface area contributed by atoms with Gasteiger partial charge in [0.2, 0.25) is 5.96 Å². The topological polar surface area (TPSA) is 66.4 Å². The first-order chi connectivity index (χ1) is 16.2. The highest BCUT2D eigenvalue weighted by molar-refractivity contribution is 6.06. The summed E-state index contributed by atoms with van der Waals surface area (Å²) in [4.78, 5) is 22.1. The van der Waals surface area contributed by atoms with Gasteiger partial charge in [-0.2, -0.15) is 0 Å². The zero-order valence-electron chi connectivity index (χ0n) is 18.9. The number of nitrogens with zero attached hydrogens (tertiary/aromatic N) is 3. The highest BCUT2D eigenvalue weighted by Crippen LogP contribution is 2.29. The van der Waals surface area contributed by atoms with Gasteiger partial charge in [0.05, 0.1) is 19.9 Å². The van der Waals surface area contributed by atoms with E-state index in [1.54, 1.807) is 26.4 Å². The van der Waals surface area contributed by atoms with Gasteiger partial charge >= 0.3 is 0 Å². The molecule has 0 aliphatic carbocycles. The quantitative estimate of drug-likeness (QED) is 0.477. The third kappa shape index (κ3) is 5.26. The Kier molecular flexibility index (Phi) is 7.09. The highest BCUT2D eigenvalue weighted by atomic mass is 16.5. The number of anilines is 1. The number of guanidine groups is 1. The van der Waals surface area contributed by atoms with Crippen LogP contribution in [0.1, 0.15) is 10.4 Å². The van der Waals surface area contributed by atoms with Gasteiger partial charge in [0.25, 0.3) is 5.91 Å². The van der Waals surface area contributed by atoms with Crippen molar-refractivity contribution < 1.29 is 14.3 Å². The van der Waals surface area contributed by atoms with Crippen molar-refractivity contribution in [3.8, 4) is 11.5 Å². The molecule has 7 heteroatoms. The standard InChI is InChI=1S/C26H28N4O3/c1-32-23-14-8-6-12-21(23)27-26(28-25(31)20-10-4-3-5-11-20)30-18-16-29(17-19-30)22-13-7-9-15-24(22)33-2/h3-15H,16-19H2,1-2H3,(H,27,28,31). The predicted molar refractivity (Wildman–Crippen MR) is 131 cm³/mol. The van der Waals surface area contributed by atoms with E-state index in [0.29, 0.717) is 36.0 Å². The number of nitrogens with one attached hydrogen (secondary N) is 1. The number of ether oxygens (including phenoxy) is 2. The minimum absolute atomic E-state index is 0.198. The molecule has 0 unspecified atom stereocenters. The van der Waals surface area contributed by atoms with Gasteiger partial charge < -0.3 is 19.3 Å². The lowest BCUT2D eigenvalue weighted by Crippen LogP contribution is -2.53. The van der Waals surface area contributed by atoms with E-state index < -0.39 is 0 Å². The van der Waals surface area contributed by atoms with E-state index in [1.807, 2.05) is 60.7 Å². The number of para-hydroxylation sites is 4. The van der Waals surface area contributed by atoms with Crippen molar-refractivity contribution in [2.75, 3.05) is 45.3 Å². The van der Waals surface area contributed by atoms with Gasteiger partial charge in [0.15, 0.2) is 0 Å². The highest BCUT2D eigenvalue weighted by Gasteiger charge is 2.23. The van der Waals surface area contributed by atoms with Crippen LogP contribution < -0.4 is 19.7 Å². The van der Waals surface area contributed by atoms with Crippen LogP contribution in [0.4, 0.5) is 11.4 Å². The van der Waals surface area contributed by atoms with Crippen molar-refractivity contribution in [3.63, 3.8) is 0 Å². The number of carbonyl (C=O) groups is 1. The summed E-state index contributed by atoms with van der Waals surface area (Å²) in [6.45, 7) is 2.93. The van der Waals surface area contributed by atoms with Crippen LogP contribution >= 0.6 is 0 Å². The van der Waals surface area contributed by atoms with E-state index in [0.717, 1.165) is 24.5 Å². The van der Waals surface area contributed by atoms with Crippen molar-refractivity contribution in [2.45, 2.75) is 0 Å². The minimum atomic E-state index is -0.198. The number of hydrogen-bond acceptors (Lipinski definition) is 5. The number of aliphatic imine (C=N–C) groups is 1. The predicted octanol–water partition coefficient (Wildman–Crippen LogP) is 3.94. The Labute approximate surface area is 194 Å². The molecule has 1 aliphatic rings. The second-order valence-electron chi connectivity index (χ2n) is 7.57. The Morgan fingerprint density at radius 2 is 1.39 bits per heavy atom. The lowest BCUT2D eigenvalue weighted by atomic mass is 10.2. The van der Waals surface area contributed by atoms with Crippen LogP contribution in [0.3, 0.4) is 0 Å². The molecule has 7 nitrogen and oxygen atoms in total. The van der Waals surface area contributed by atoms with Gasteiger partial charge in [-0.05, 0) is 36.4 Å². The average Bonchev–Trinajstić information content (AvgIpc) is 2.89. The van der Waals surface area contributed by atoms with Crippen LogP contribution in [0, 0.1) is 0 Å². The largest absolute Gasteiger partial charge is 0.495 e. The number of piperazine rings is 1. The molecule has 0 spiro atoms. The maximum absolute atomic E-state index is 12.9. The summed E-state index contributed by atoms with van der Waals surface area (Å²) in [5.41, 5.74) is 2.31. The van der Waals surface area contributed by atoms with E-state index in [1.165, 1.54) is 0 Å². The van der Waals surface area contributed by atoms with E-state index in [2.05, 4.69) is 21.2 Å². The average molecular weight is 445 g/mol. The van der Waals surface area contributed by atoms with Crippen molar-refractivity contribution in [1.82, 2.24) is 10.2 Å². The van der Waals surface area contributed by atoms with Crippen LogP contribution in [-0.4, -0.2) is 57.2 Å². The third-order valence-corrected chi connectivity index (χ3v) is 5.58. The van der Waals surface area contributed by atoms with Gasteiger partial charge in [-0.25, -0.2) is 4.99 Å². The zero-order chi connectivity index (χ0) is 23.0. The molecular formula is C26H28N4O3. The molecule has 4 rings (SSSR count). The summed E-state index contributed by atoms with van der Waals surface area (Å²) >= 11 is 0. The second kappa shape index (κ2) is 10.5. The van der Waals surface area contributed by atoms with Crippen LogP contribution in [0.5, 0.6) is 11.5 Å². The summed E-state index contributed by atoms with van der Waals surface area (Å²) in [7, 11) is 3.30. The van der Waals surface area contributed by atoms with Gasteiger partial charge in [-0.3, -0.25) is 10.1 Å². The zero-order valence-corrected chi connectivity index (χ0v) is 18.9. The van der Waals surface area contributed by atoms with Crippen molar-refractivity contribution in [1.29, 1.82) is 0 Å². The van der Waals surface area contributed by atoms with Crippen LogP contribution in [0.25, 0.3) is 0 Å². The molecule has 1 amide bonds. The normalized spacial score (nSPS) is 14.1. The molecule has 0 saturated carbocycles. The molecule has 1 aliphatic heterocycles. The maximum atomic E-state index is 12.9. The first-order valence-corrected chi connectivity index (χ1v) is 10.9. The van der Waals surface area contributed by atoms with Crippen molar-refractivity contribution >= 4 is 23.2 Å². The van der Waals surface area contributed by atoms with Crippen LogP contribution in [-0.2, 0) is 0 Å². The molecule has 0 aromatic heterocycles. The van der Waals surface area contributed by atoms with Crippen molar-refractivity contribution in [3.05, 3.63) is 84.4 Å².